The average molecular weight is 694 g/mol. The second-order valence-electron chi connectivity index (χ2n) is 14.0. The van der Waals surface area contributed by atoms with Crippen molar-refractivity contribution in [3.63, 3.8) is 0 Å². The molecule has 3 fully saturated rings. The second kappa shape index (κ2) is 13.7. The number of nitrogens with zero attached hydrogens (tertiary/aromatic N) is 8. The fraction of sp³-hybridized carbons (Fsp3) is 0.543. The minimum Gasteiger partial charge on any atom is -0.481 e. The molecule has 5 heterocycles. The number of nitrogens with one attached hydrogen (secondary N) is 1. The zero-order valence-corrected chi connectivity index (χ0v) is 28.3. The Hall–Kier alpha value is -4.37. The molecule has 0 amide bonds. The standard InChI is InChI=1S/C35H42F3N9O3/c1-45(20-34(21-50-2)8-4-9-34)27-16-25(23-15-24(35(36,37)38)30(41-17-23)22-6-7-22)42-33-31(27)43-32(44-33)26-18-40-28(19-39-26)47-13-11-46(12-14-47)10-3-5-29(48)49/h15-19,22H,3-14,20-21H2,1-2H3,(H,48,49)(H,42,43,44). The van der Waals surface area contributed by atoms with Crippen LogP contribution in [-0.4, -0.2) is 106 Å². The van der Waals surface area contributed by atoms with Crippen molar-refractivity contribution in [3.05, 3.63) is 42.0 Å². The van der Waals surface area contributed by atoms with Gasteiger partial charge in [0.15, 0.2) is 11.5 Å². The molecule has 1 saturated heterocycles. The van der Waals surface area contributed by atoms with Crippen LogP contribution in [0.5, 0.6) is 0 Å². The zero-order valence-electron chi connectivity index (χ0n) is 28.3. The van der Waals surface area contributed by atoms with Crippen molar-refractivity contribution in [2.45, 2.75) is 57.0 Å². The third kappa shape index (κ3) is 7.24. The molecular weight excluding hydrogens is 651 g/mol. The molecule has 0 unspecified atom stereocenters. The maximum Gasteiger partial charge on any atom is 0.418 e. The van der Waals surface area contributed by atoms with Crippen molar-refractivity contribution in [1.29, 1.82) is 0 Å². The van der Waals surface area contributed by atoms with Gasteiger partial charge in [0.1, 0.15) is 17.0 Å². The fourth-order valence-corrected chi connectivity index (χ4v) is 7.25. The number of anilines is 2. The molecule has 15 heteroatoms. The number of imidazole rings is 1. The zero-order chi connectivity index (χ0) is 35.0. The van der Waals surface area contributed by atoms with Gasteiger partial charge in [-0.05, 0) is 50.8 Å². The Morgan fingerprint density at radius 1 is 1.06 bits per heavy atom. The number of H-pyrrole nitrogens is 1. The summed E-state index contributed by atoms with van der Waals surface area (Å²) in [5, 5.41) is 8.91. The first-order valence-corrected chi connectivity index (χ1v) is 17.2. The summed E-state index contributed by atoms with van der Waals surface area (Å²) in [6.45, 7) is 5.20. The topological polar surface area (TPSA) is 136 Å². The number of halogens is 3. The summed E-state index contributed by atoms with van der Waals surface area (Å²) in [4.78, 5) is 43.9. The molecule has 266 valence electrons. The molecule has 1 aliphatic heterocycles. The van der Waals surface area contributed by atoms with E-state index in [1.165, 1.54) is 12.3 Å². The highest BCUT2D eigenvalue weighted by molar-refractivity contribution is 5.91. The number of methoxy groups -OCH3 is 1. The maximum atomic E-state index is 14.2. The van der Waals surface area contributed by atoms with E-state index in [1.807, 2.05) is 13.1 Å². The lowest BCUT2D eigenvalue weighted by Gasteiger charge is -2.44. The monoisotopic (exact) mass is 693 g/mol. The Balaban J connectivity index is 1.18. The fourth-order valence-electron chi connectivity index (χ4n) is 7.25. The van der Waals surface area contributed by atoms with Crippen molar-refractivity contribution in [2.24, 2.45) is 5.41 Å². The van der Waals surface area contributed by atoms with E-state index in [-0.39, 0.29) is 29.0 Å². The molecule has 3 aliphatic rings. The number of rotatable bonds is 13. The van der Waals surface area contributed by atoms with Crippen molar-refractivity contribution in [1.82, 2.24) is 34.8 Å². The van der Waals surface area contributed by atoms with E-state index in [4.69, 9.17) is 19.8 Å². The number of aromatic amines is 1. The molecule has 0 atom stereocenters. The summed E-state index contributed by atoms with van der Waals surface area (Å²) in [6, 6.07) is 2.98. The van der Waals surface area contributed by atoms with Gasteiger partial charge in [-0.15, -0.1) is 0 Å². The number of aliphatic carboxylic acids is 1. The van der Waals surface area contributed by atoms with Crippen LogP contribution in [0.15, 0.2) is 30.7 Å². The molecule has 12 nitrogen and oxygen atoms in total. The Bertz CT molecular complexity index is 1830. The van der Waals surface area contributed by atoms with Gasteiger partial charge in [-0.2, -0.15) is 13.2 Å². The number of hydrogen-bond acceptors (Lipinski definition) is 10. The van der Waals surface area contributed by atoms with Crippen LogP contribution in [0.1, 0.15) is 62.1 Å². The van der Waals surface area contributed by atoms with E-state index in [9.17, 15) is 18.0 Å². The van der Waals surface area contributed by atoms with Crippen LogP contribution in [0.25, 0.3) is 33.9 Å². The largest absolute Gasteiger partial charge is 0.481 e. The molecule has 0 radical (unpaired) electrons. The van der Waals surface area contributed by atoms with Crippen LogP contribution < -0.4 is 9.80 Å². The van der Waals surface area contributed by atoms with Gasteiger partial charge in [-0.25, -0.2) is 19.9 Å². The van der Waals surface area contributed by atoms with Gasteiger partial charge >= 0.3 is 12.1 Å². The van der Waals surface area contributed by atoms with Gasteiger partial charge < -0.3 is 24.6 Å². The lowest BCUT2D eigenvalue weighted by Crippen LogP contribution is -2.47. The van der Waals surface area contributed by atoms with Crippen LogP contribution in [0, 0.1) is 5.41 Å². The highest BCUT2D eigenvalue weighted by Gasteiger charge is 2.40. The summed E-state index contributed by atoms with van der Waals surface area (Å²) >= 11 is 0. The van der Waals surface area contributed by atoms with Crippen LogP contribution >= 0.6 is 0 Å². The molecule has 2 aliphatic carbocycles. The van der Waals surface area contributed by atoms with Crippen LogP contribution in [0.2, 0.25) is 0 Å². The van der Waals surface area contributed by atoms with Gasteiger partial charge in [-0.1, -0.05) is 6.42 Å². The Labute approximate surface area is 288 Å². The normalized spacial score (nSPS) is 18.0. The number of fused-ring (bicyclic) bond motifs is 1. The van der Waals surface area contributed by atoms with Gasteiger partial charge in [0.25, 0.3) is 0 Å². The predicted molar refractivity (Wildman–Crippen MR) is 182 cm³/mol. The highest BCUT2D eigenvalue weighted by atomic mass is 19.4. The van der Waals surface area contributed by atoms with E-state index in [1.54, 1.807) is 19.5 Å². The number of aromatic nitrogens is 6. The summed E-state index contributed by atoms with van der Waals surface area (Å²) < 4.78 is 48.1. The van der Waals surface area contributed by atoms with Gasteiger partial charge in [0, 0.05) is 76.4 Å². The Morgan fingerprint density at radius 3 is 2.46 bits per heavy atom. The van der Waals surface area contributed by atoms with Crippen LogP contribution in [0.3, 0.4) is 0 Å². The summed E-state index contributed by atoms with van der Waals surface area (Å²) in [5.74, 6) is 0.262. The van der Waals surface area contributed by atoms with Crippen molar-refractivity contribution in [3.8, 4) is 22.8 Å². The van der Waals surface area contributed by atoms with E-state index in [2.05, 4.69) is 34.6 Å². The highest BCUT2D eigenvalue weighted by Crippen LogP contribution is 2.46. The summed E-state index contributed by atoms with van der Waals surface area (Å²) in [7, 11) is 3.68. The number of carbonyl (C=O) groups is 1. The number of carboxylic acid groups (broad SMARTS) is 1. The number of hydrogen-bond donors (Lipinski definition) is 2. The first kappa shape index (κ1) is 34.1. The van der Waals surface area contributed by atoms with Crippen molar-refractivity contribution >= 4 is 28.6 Å². The third-order valence-corrected chi connectivity index (χ3v) is 10.2. The van der Waals surface area contributed by atoms with E-state index >= 15 is 0 Å². The summed E-state index contributed by atoms with van der Waals surface area (Å²) in [6.07, 6.45) is 5.75. The van der Waals surface area contributed by atoms with Gasteiger partial charge in [-0.3, -0.25) is 14.7 Å². The van der Waals surface area contributed by atoms with Gasteiger partial charge in [0.05, 0.1) is 41.6 Å². The molecular formula is C35H42F3N9O3. The molecule has 0 bridgehead atoms. The quantitative estimate of drug-likeness (QED) is 0.181. The number of piperazine rings is 1. The van der Waals surface area contributed by atoms with Crippen molar-refractivity contribution in [2.75, 3.05) is 69.8 Å². The van der Waals surface area contributed by atoms with Gasteiger partial charge in [0.2, 0.25) is 0 Å². The predicted octanol–water partition coefficient (Wildman–Crippen LogP) is 5.61. The number of alkyl halides is 3. The van der Waals surface area contributed by atoms with Crippen molar-refractivity contribution < 1.29 is 27.8 Å². The van der Waals surface area contributed by atoms with Crippen LogP contribution in [0.4, 0.5) is 24.7 Å². The molecule has 4 aromatic heterocycles. The average Bonchev–Trinajstić information content (AvgIpc) is 3.84. The lowest BCUT2D eigenvalue weighted by atomic mass is 9.69. The molecule has 0 spiro atoms. The molecule has 2 saturated carbocycles. The molecule has 2 N–H and O–H groups in total. The molecule has 4 aromatic rings. The minimum atomic E-state index is -4.53. The maximum absolute atomic E-state index is 14.2. The lowest BCUT2D eigenvalue weighted by molar-refractivity contribution is -0.139. The first-order valence-electron chi connectivity index (χ1n) is 17.2. The minimum absolute atomic E-state index is 0.00963. The Morgan fingerprint density at radius 2 is 1.84 bits per heavy atom. The number of pyridine rings is 2. The summed E-state index contributed by atoms with van der Waals surface area (Å²) in [5.41, 5.74) is 2.31. The van der Waals surface area contributed by atoms with E-state index in [0.29, 0.717) is 60.8 Å². The third-order valence-electron chi connectivity index (χ3n) is 10.2. The second-order valence-corrected chi connectivity index (χ2v) is 14.0. The Kier molecular flexibility index (Phi) is 9.37. The SMILES string of the molecule is COCC1(CN(C)c2cc(-c3cnc(C4CC4)c(C(F)(F)F)c3)nc3nc(-c4cnc(N5CCN(CCCC(=O)O)CC5)cn4)[nH]c23)CCC1. The number of carboxylic acids is 1. The van der Waals surface area contributed by atoms with E-state index in [0.717, 1.165) is 63.5 Å². The molecule has 0 aromatic carbocycles. The first-order chi connectivity index (χ1) is 24.0. The molecule has 7 rings (SSSR count). The van der Waals surface area contributed by atoms with Crippen LogP contribution in [-0.2, 0) is 15.7 Å². The van der Waals surface area contributed by atoms with E-state index < -0.39 is 17.7 Å². The number of ether oxygens (including phenoxy) is 1. The molecule has 50 heavy (non-hydrogen) atoms. The smallest absolute Gasteiger partial charge is 0.418 e.